The monoisotopic (exact) mass is 280 g/mol. The molecule has 2 heterocycles. The smallest absolute Gasteiger partial charge is 0.0962 e. The van der Waals surface area contributed by atoms with Gasteiger partial charge in [-0.15, -0.1) is 0 Å². The van der Waals surface area contributed by atoms with Crippen LogP contribution in [0.2, 0.25) is 0 Å². The molecule has 3 aromatic rings. The second-order valence-corrected chi connectivity index (χ2v) is 5.55. The lowest BCUT2D eigenvalue weighted by atomic mass is 10.2. The number of imidazole rings is 1. The Morgan fingerprint density at radius 2 is 1.95 bits per heavy atom. The van der Waals surface area contributed by atoms with Crippen molar-refractivity contribution in [3.8, 4) is 0 Å². The highest BCUT2D eigenvalue weighted by Gasteiger charge is 2.03. The number of aromatic nitrogens is 3. The predicted molar refractivity (Wildman–Crippen MR) is 85.0 cm³/mol. The number of hydrogen-bond acceptors (Lipinski definition) is 3. The van der Waals surface area contributed by atoms with Gasteiger partial charge in [-0.25, -0.2) is 4.98 Å². The van der Waals surface area contributed by atoms with E-state index < -0.39 is 0 Å². The van der Waals surface area contributed by atoms with Crippen molar-refractivity contribution < 1.29 is 0 Å². The normalized spacial score (nSPS) is 11.4. The van der Waals surface area contributed by atoms with Crippen molar-refractivity contribution in [1.29, 1.82) is 0 Å². The molecule has 0 atom stereocenters. The van der Waals surface area contributed by atoms with Gasteiger partial charge in [0.05, 0.1) is 29.6 Å². The first-order valence-electron chi connectivity index (χ1n) is 7.29. The fourth-order valence-corrected chi connectivity index (χ4v) is 2.29. The van der Waals surface area contributed by atoms with Crippen LogP contribution < -0.4 is 5.32 Å². The van der Waals surface area contributed by atoms with Crippen LogP contribution >= 0.6 is 0 Å². The van der Waals surface area contributed by atoms with Crippen LogP contribution in [0.5, 0.6) is 0 Å². The fourth-order valence-electron chi connectivity index (χ4n) is 2.29. The molecule has 0 unspecified atom stereocenters. The third kappa shape index (κ3) is 3.28. The van der Waals surface area contributed by atoms with Crippen molar-refractivity contribution >= 4 is 11.0 Å². The van der Waals surface area contributed by atoms with Crippen molar-refractivity contribution in [2.75, 3.05) is 0 Å². The summed E-state index contributed by atoms with van der Waals surface area (Å²) >= 11 is 0. The average molecular weight is 280 g/mol. The minimum atomic E-state index is 0.488. The minimum absolute atomic E-state index is 0.488. The number of para-hydroxylation sites is 2. The number of pyridine rings is 1. The first kappa shape index (κ1) is 13.8. The van der Waals surface area contributed by atoms with E-state index in [1.807, 2.05) is 30.7 Å². The summed E-state index contributed by atoms with van der Waals surface area (Å²) < 4.78 is 2.13. The largest absolute Gasteiger partial charge is 0.324 e. The Hall–Kier alpha value is -2.20. The SMILES string of the molecule is CC(C)NCc1ccc(Cn2cnc3ccccc32)nc1. The summed E-state index contributed by atoms with van der Waals surface area (Å²) in [5.74, 6) is 0. The molecule has 21 heavy (non-hydrogen) atoms. The topological polar surface area (TPSA) is 42.7 Å². The van der Waals surface area contributed by atoms with E-state index in [9.17, 15) is 0 Å². The standard InChI is InChI=1S/C17H20N4/c1-13(2)18-9-14-7-8-15(19-10-14)11-21-12-20-16-5-3-4-6-17(16)21/h3-8,10,12-13,18H,9,11H2,1-2H3. The molecule has 1 N–H and O–H groups in total. The first-order valence-corrected chi connectivity index (χ1v) is 7.29. The van der Waals surface area contributed by atoms with Gasteiger partial charge in [0.25, 0.3) is 0 Å². The second-order valence-electron chi connectivity index (χ2n) is 5.55. The molecule has 0 aliphatic heterocycles. The van der Waals surface area contributed by atoms with E-state index in [2.05, 4.69) is 51.9 Å². The molecule has 3 rings (SSSR count). The molecule has 0 aliphatic rings. The average Bonchev–Trinajstić information content (AvgIpc) is 2.90. The van der Waals surface area contributed by atoms with Crippen molar-refractivity contribution in [3.05, 3.63) is 60.2 Å². The number of rotatable bonds is 5. The summed E-state index contributed by atoms with van der Waals surface area (Å²) in [5.41, 5.74) is 4.43. The summed E-state index contributed by atoms with van der Waals surface area (Å²) in [7, 11) is 0. The summed E-state index contributed by atoms with van der Waals surface area (Å²) in [6.07, 6.45) is 3.82. The summed E-state index contributed by atoms with van der Waals surface area (Å²) in [5, 5.41) is 3.40. The highest BCUT2D eigenvalue weighted by Crippen LogP contribution is 2.13. The molecule has 0 saturated carbocycles. The zero-order valence-electron chi connectivity index (χ0n) is 12.5. The maximum atomic E-state index is 4.55. The van der Waals surface area contributed by atoms with Gasteiger partial charge in [0.2, 0.25) is 0 Å². The molecular formula is C17H20N4. The molecular weight excluding hydrogens is 260 g/mol. The van der Waals surface area contributed by atoms with Crippen LogP contribution in [0, 0.1) is 0 Å². The fraction of sp³-hybridized carbons (Fsp3) is 0.294. The van der Waals surface area contributed by atoms with E-state index in [0.717, 1.165) is 29.8 Å². The molecule has 2 aromatic heterocycles. The highest BCUT2D eigenvalue weighted by molar-refractivity contribution is 5.74. The van der Waals surface area contributed by atoms with Gasteiger partial charge in [-0.3, -0.25) is 4.98 Å². The van der Waals surface area contributed by atoms with Gasteiger partial charge in [-0.2, -0.15) is 0 Å². The van der Waals surface area contributed by atoms with E-state index in [0.29, 0.717) is 6.04 Å². The third-order valence-electron chi connectivity index (χ3n) is 3.46. The molecule has 4 heteroatoms. The Bertz CT molecular complexity index is 713. The Kier molecular flexibility index (Phi) is 3.97. The summed E-state index contributed by atoms with van der Waals surface area (Å²) in [6, 6.07) is 12.9. The Balaban J connectivity index is 1.73. The first-order chi connectivity index (χ1) is 10.2. The quantitative estimate of drug-likeness (QED) is 0.781. The van der Waals surface area contributed by atoms with Gasteiger partial charge in [0, 0.05) is 18.8 Å². The molecule has 0 spiro atoms. The molecule has 0 bridgehead atoms. The zero-order chi connectivity index (χ0) is 14.7. The van der Waals surface area contributed by atoms with Crippen molar-refractivity contribution in [1.82, 2.24) is 19.9 Å². The Labute approximate surface area is 124 Å². The number of fused-ring (bicyclic) bond motifs is 1. The molecule has 0 aliphatic carbocycles. The van der Waals surface area contributed by atoms with E-state index in [-0.39, 0.29) is 0 Å². The van der Waals surface area contributed by atoms with Gasteiger partial charge < -0.3 is 9.88 Å². The van der Waals surface area contributed by atoms with Crippen LogP contribution in [-0.4, -0.2) is 20.6 Å². The maximum absolute atomic E-state index is 4.55. The lowest BCUT2D eigenvalue weighted by molar-refractivity contribution is 0.587. The predicted octanol–water partition coefficient (Wildman–Crippen LogP) is 2.98. The van der Waals surface area contributed by atoms with Gasteiger partial charge in [0.1, 0.15) is 0 Å². The molecule has 108 valence electrons. The van der Waals surface area contributed by atoms with Gasteiger partial charge in [-0.1, -0.05) is 32.0 Å². The molecule has 1 aromatic carbocycles. The lowest BCUT2D eigenvalue weighted by Gasteiger charge is -2.08. The van der Waals surface area contributed by atoms with Crippen molar-refractivity contribution in [2.24, 2.45) is 0 Å². The Morgan fingerprint density at radius 3 is 2.71 bits per heavy atom. The van der Waals surface area contributed by atoms with E-state index in [1.54, 1.807) is 0 Å². The number of benzene rings is 1. The van der Waals surface area contributed by atoms with Crippen molar-refractivity contribution in [3.63, 3.8) is 0 Å². The van der Waals surface area contributed by atoms with E-state index in [1.165, 1.54) is 5.56 Å². The second kappa shape index (κ2) is 6.06. The molecule has 4 nitrogen and oxygen atoms in total. The number of hydrogen-bond donors (Lipinski definition) is 1. The lowest BCUT2D eigenvalue weighted by Crippen LogP contribution is -2.21. The minimum Gasteiger partial charge on any atom is -0.324 e. The van der Waals surface area contributed by atoms with E-state index in [4.69, 9.17) is 0 Å². The number of nitrogens with one attached hydrogen (secondary N) is 1. The highest BCUT2D eigenvalue weighted by atomic mass is 15.0. The van der Waals surface area contributed by atoms with Crippen LogP contribution in [0.1, 0.15) is 25.1 Å². The van der Waals surface area contributed by atoms with Crippen LogP contribution in [0.25, 0.3) is 11.0 Å². The number of nitrogens with zero attached hydrogens (tertiary/aromatic N) is 3. The molecule has 0 fully saturated rings. The van der Waals surface area contributed by atoms with Crippen molar-refractivity contribution in [2.45, 2.75) is 33.0 Å². The van der Waals surface area contributed by atoms with Gasteiger partial charge in [-0.05, 0) is 23.8 Å². The van der Waals surface area contributed by atoms with Crippen LogP contribution in [0.4, 0.5) is 0 Å². The molecule has 0 saturated heterocycles. The summed E-state index contributed by atoms with van der Waals surface area (Å²) in [4.78, 5) is 8.96. The maximum Gasteiger partial charge on any atom is 0.0962 e. The van der Waals surface area contributed by atoms with E-state index >= 15 is 0 Å². The Morgan fingerprint density at radius 1 is 1.10 bits per heavy atom. The van der Waals surface area contributed by atoms with Crippen LogP contribution in [-0.2, 0) is 13.1 Å². The third-order valence-corrected chi connectivity index (χ3v) is 3.46. The van der Waals surface area contributed by atoms with Crippen LogP contribution in [0.3, 0.4) is 0 Å². The van der Waals surface area contributed by atoms with Gasteiger partial charge >= 0.3 is 0 Å². The van der Waals surface area contributed by atoms with Crippen LogP contribution in [0.15, 0.2) is 48.9 Å². The molecule has 0 radical (unpaired) electrons. The summed E-state index contributed by atoms with van der Waals surface area (Å²) in [6.45, 7) is 5.90. The van der Waals surface area contributed by atoms with Gasteiger partial charge in [0.15, 0.2) is 0 Å². The molecule has 0 amide bonds. The zero-order valence-corrected chi connectivity index (χ0v) is 12.5.